The SMILES string of the molecule is C=CCC(NS(=O)(=O)c1ccc(C)cc1)c1ccc(C(=O)OC)cc1. The monoisotopic (exact) mass is 359 g/mol. The van der Waals surface area contributed by atoms with Gasteiger partial charge < -0.3 is 4.74 Å². The minimum absolute atomic E-state index is 0.207. The Morgan fingerprint density at radius 1 is 1.16 bits per heavy atom. The number of hydrogen-bond donors (Lipinski definition) is 1. The molecule has 132 valence electrons. The standard InChI is InChI=1S/C19H21NO4S/c1-4-5-18(15-8-10-16(11-9-15)19(21)24-3)20-25(22,23)17-12-6-14(2)7-13-17/h4,6-13,18,20H,1,5H2,2-3H3. The summed E-state index contributed by atoms with van der Waals surface area (Å²) in [4.78, 5) is 11.7. The quantitative estimate of drug-likeness (QED) is 0.608. The smallest absolute Gasteiger partial charge is 0.337 e. The highest BCUT2D eigenvalue weighted by Crippen LogP contribution is 2.22. The van der Waals surface area contributed by atoms with Gasteiger partial charge in [-0.1, -0.05) is 35.9 Å². The van der Waals surface area contributed by atoms with Gasteiger partial charge in [0.1, 0.15) is 0 Å². The lowest BCUT2D eigenvalue weighted by atomic mass is 10.0. The number of benzene rings is 2. The summed E-state index contributed by atoms with van der Waals surface area (Å²) in [6, 6.07) is 12.8. The molecule has 0 aromatic heterocycles. The summed E-state index contributed by atoms with van der Waals surface area (Å²) in [6.45, 7) is 5.59. The molecule has 1 atom stereocenters. The van der Waals surface area contributed by atoms with Crippen molar-refractivity contribution in [2.45, 2.75) is 24.3 Å². The van der Waals surface area contributed by atoms with Crippen LogP contribution in [0.2, 0.25) is 0 Å². The maximum absolute atomic E-state index is 12.6. The molecular weight excluding hydrogens is 338 g/mol. The average Bonchev–Trinajstić information content (AvgIpc) is 2.61. The maximum atomic E-state index is 12.6. The van der Waals surface area contributed by atoms with E-state index < -0.39 is 22.0 Å². The number of carbonyl (C=O) groups is 1. The van der Waals surface area contributed by atoms with Crippen molar-refractivity contribution in [3.63, 3.8) is 0 Å². The topological polar surface area (TPSA) is 72.5 Å². The van der Waals surface area contributed by atoms with Gasteiger partial charge in [-0.2, -0.15) is 0 Å². The normalized spacial score (nSPS) is 12.4. The molecule has 1 unspecified atom stereocenters. The zero-order valence-electron chi connectivity index (χ0n) is 14.2. The summed E-state index contributed by atoms with van der Waals surface area (Å²) in [7, 11) is -2.36. The maximum Gasteiger partial charge on any atom is 0.337 e. The van der Waals surface area contributed by atoms with Crippen LogP contribution in [0.15, 0.2) is 66.1 Å². The van der Waals surface area contributed by atoms with Gasteiger partial charge in [0, 0.05) is 0 Å². The predicted molar refractivity (Wildman–Crippen MR) is 96.8 cm³/mol. The molecular formula is C19H21NO4S. The van der Waals surface area contributed by atoms with Crippen molar-refractivity contribution in [1.82, 2.24) is 4.72 Å². The highest BCUT2D eigenvalue weighted by molar-refractivity contribution is 7.89. The minimum Gasteiger partial charge on any atom is -0.465 e. The van der Waals surface area contributed by atoms with E-state index in [0.717, 1.165) is 11.1 Å². The second-order valence-corrected chi connectivity index (χ2v) is 7.34. The Kier molecular flexibility index (Phi) is 6.12. The number of rotatable bonds is 7. The van der Waals surface area contributed by atoms with E-state index in [1.165, 1.54) is 7.11 Å². The van der Waals surface area contributed by atoms with Crippen LogP contribution >= 0.6 is 0 Å². The Bertz CT molecular complexity index is 840. The fourth-order valence-corrected chi connectivity index (χ4v) is 3.60. The highest BCUT2D eigenvalue weighted by atomic mass is 32.2. The first-order valence-electron chi connectivity index (χ1n) is 7.75. The first-order valence-corrected chi connectivity index (χ1v) is 9.24. The largest absolute Gasteiger partial charge is 0.465 e. The molecule has 0 radical (unpaired) electrons. The molecule has 25 heavy (non-hydrogen) atoms. The van der Waals surface area contributed by atoms with Crippen molar-refractivity contribution < 1.29 is 17.9 Å². The molecule has 0 saturated heterocycles. The van der Waals surface area contributed by atoms with E-state index >= 15 is 0 Å². The summed E-state index contributed by atoms with van der Waals surface area (Å²) in [5, 5.41) is 0. The first-order chi connectivity index (χ1) is 11.9. The molecule has 1 N–H and O–H groups in total. The van der Waals surface area contributed by atoms with Gasteiger partial charge in [0.15, 0.2) is 0 Å². The number of nitrogens with one attached hydrogen (secondary N) is 1. The van der Waals surface area contributed by atoms with Crippen LogP contribution in [0.1, 0.15) is 33.9 Å². The summed E-state index contributed by atoms with van der Waals surface area (Å²) >= 11 is 0. The summed E-state index contributed by atoms with van der Waals surface area (Å²) in [6.07, 6.45) is 2.07. The summed E-state index contributed by atoms with van der Waals surface area (Å²) < 4.78 is 32.6. The molecule has 0 aliphatic heterocycles. The van der Waals surface area contributed by atoms with Crippen LogP contribution in [-0.4, -0.2) is 21.5 Å². The third-order valence-corrected chi connectivity index (χ3v) is 5.25. The molecule has 0 amide bonds. The number of hydrogen-bond acceptors (Lipinski definition) is 4. The average molecular weight is 359 g/mol. The highest BCUT2D eigenvalue weighted by Gasteiger charge is 2.21. The Morgan fingerprint density at radius 2 is 1.76 bits per heavy atom. The third kappa shape index (κ3) is 4.78. The second kappa shape index (κ2) is 8.09. The molecule has 2 aromatic carbocycles. The van der Waals surface area contributed by atoms with Crippen molar-refractivity contribution in [3.05, 3.63) is 77.9 Å². The number of sulfonamides is 1. The molecule has 0 bridgehead atoms. The van der Waals surface area contributed by atoms with Gasteiger partial charge in [-0.15, -0.1) is 6.58 Å². The fraction of sp³-hybridized carbons (Fsp3) is 0.211. The van der Waals surface area contributed by atoms with Crippen molar-refractivity contribution >= 4 is 16.0 Å². The Balaban J connectivity index is 2.27. The van der Waals surface area contributed by atoms with E-state index in [4.69, 9.17) is 0 Å². The molecule has 0 saturated carbocycles. The Labute approximate surface area is 148 Å². The molecule has 0 heterocycles. The second-order valence-electron chi connectivity index (χ2n) is 5.62. The van der Waals surface area contributed by atoms with Crippen molar-refractivity contribution in [3.8, 4) is 0 Å². The molecule has 5 nitrogen and oxygen atoms in total. The third-order valence-electron chi connectivity index (χ3n) is 3.77. The number of methoxy groups -OCH3 is 1. The van der Waals surface area contributed by atoms with Crippen molar-refractivity contribution in [2.75, 3.05) is 7.11 Å². The molecule has 0 fully saturated rings. The van der Waals surface area contributed by atoms with Gasteiger partial charge in [0.2, 0.25) is 10.0 Å². The molecule has 6 heteroatoms. The lowest BCUT2D eigenvalue weighted by Gasteiger charge is -2.18. The van der Waals surface area contributed by atoms with Gasteiger partial charge >= 0.3 is 5.97 Å². The lowest BCUT2D eigenvalue weighted by molar-refractivity contribution is 0.0600. The summed E-state index contributed by atoms with van der Waals surface area (Å²) in [5.41, 5.74) is 2.13. The van der Waals surface area contributed by atoms with E-state index in [-0.39, 0.29) is 4.90 Å². The van der Waals surface area contributed by atoms with Crippen LogP contribution in [0, 0.1) is 6.92 Å². The molecule has 2 rings (SSSR count). The lowest BCUT2D eigenvalue weighted by Crippen LogP contribution is -2.28. The van der Waals surface area contributed by atoms with Crippen LogP contribution < -0.4 is 4.72 Å². The van der Waals surface area contributed by atoms with E-state index in [1.54, 1.807) is 54.6 Å². The van der Waals surface area contributed by atoms with Crippen molar-refractivity contribution in [2.24, 2.45) is 0 Å². The number of esters is 1. The van der Waals surface area contributed by atoms with Crippen LogP contribution in [0.4, 0.5) is 0 Å². The zero-order valence-corrected chi connectivity index (χ0v) is 15.0. The number of ether oxygens (including phenoxy) is 1. The van der Waals surface area contributed by atoms with Crippen LogP contribution in [0.3, 0.4) is 0 Å². The number of aryl methyl sites for hydroxylation is 1. The molecule has 2 aromatic rings. The Hall–Kier alpha value is -2.44. The van der Waals surface area contributed by atoms with Crippen LogP contribution in [0.5, 0.6) is 0 Å². The van der Waals surface area contributed by atoms with E-state index in [1.807, 2.05) is 6.92 Å². The van der Waals surface area contributed by atoms with Crippen molar-refractivity contribution in [1.29, 1.82) is 0 Å². The molecule has 0 aliphatic rings. The van der Waals surface area contributed by atoms with Gasteiger partial charge in [-0.05, 0) is 43.2 Å². The first kappa shape index (κ1) is 18.9. The van der Waals surface area contributed by atoms with E-state index in [2.05, 4.69) is 16.0 Å². The minimum atomic E-state index is -3.67. The summed E-state index contributed by atoms with van der Waals surface area (Å²) in [5.74, 6) is -0.438. The van der Waals surface area contributed by atoms with Gasteiger partial charge in [-0.25, -0.2) is 17.9 Å². The van der Waals surface area contributed by atoms with Crippen LogP contribution in [0.25, 0.3) is 0 Å². The van der Waals surface area contributed by atoms with Gasteiger partial charge in [0.05, 0.1) is 23.6 Å². The predicted octanol–water partition coefficient (Wildman–Crippen LogP) is 3.38. The molecule has 0 spiro atoms. The zero-order chi connectivity index (χ0) is 18.4. The van der Waals surface area contributed by atoms with E-state index in [9.17, 15) is 13.2 Å². The molecule has 0 aliphatic carbocycles. The van der Waals surface area contributed by atoms with Gasteiger partial charge in [0.25, 0.3) is 0 Å². The van der Waals surface area contributed by atoms with Crippen LogP contribution in [-0.2, 0) is 14.8 Å². The fourth-order valence-electron chi connectivity index (χ4n) is 2.36. The van der Waals surface area contributed by atoms with Gasteiger partial charge in [-0.3, -0.25) is 0 Å². The van der Waals surface area contributed by atoms with E-state index in [0.29, 0.717) is 12.0 Å². The number of carbonyl (C=O) groups excluding carboxylic acids is 1. The Morgan fingerprint density at radius 3 is 2.28 bits per heavy atom.